The summed E-state index contributed by atoms with van der Waals surface area (Å²) in [6.45, 7) is 6.15. The maximum atomic E-state index is 11.6. The lowest BCUT2D eigenvalue weighted by molar-refractivity contribution is 0.0605. The van der Waals surface area contributed by atoms with Crippen LogP contribution in [0.5, 0.6) is 0 Å². The maximum Gasteiger partial charge on any atom is 0.350 e. The summed E-state index contributed by atoms with van der Waals surface area (Å²) < 4.78 is 4.76. The van der Waals surface area contributed by atoms with E-state index < -0.39 is 0 Å². The van der Waals surface area contributed by atoms with E-state index in [1.807, 2.05) is 13.0 Å². The van der Waals surface area contributed by atoms with Crippen molar-refractivity contribution >= 4 is 33.8 Å². The standard InChI is InChI=1S/C14H18N2O2S2/c1-8(2)11(10-6-5-7-19-10)16-14-15-9(3)12(20-14)13(17)18-4/h5-8,11H,1-4H3,(H,15,16). The van der Waals surface area contributed by atoms with E-state index in [0.717, 1.165) is 5.13 Å². The zero-order valence-electron chi connectivity index (χ0n) is 12.0. The molecule has 6 heteroatoms. The van der Waals surface area contributed by atoms with Crippen molar-refractivity contribution in [1.82, 2.24) is 4.98 Å². The molecular weight excluding hydrogens is 292 g/mol. The Morgan fingerprint density at radius 2 is 2.20 bits per heavy atom. The molecule has 108 valence electrons. The van der Waals surface area contributed by atoms with Crippen LogP contribution >= 0.6 is 22.7 Å². The lowest BCUT2D eigenvalue weighted by Gasteiger charge is -2.20. The second-order valence-corrected chi connectivity index (χ2v) is 6.78. The molecule has 0 amide bonds. The number of carbonyl (C=O) groups is 1. The smallest absolute Gasteiger partial charge is 0.350 e. The van der Waals surface area contributed by atoms with E-state index in [1.54, 1.807) is 11.3 Å². The SMILES string of the molecule is COC(=O)c1sc(NC(c2cccs2)C(C)C)nc1C. The molecule has 2 aromatic rings. The minimum absolute atomic E-state index is 0.200. The van der Waals surface area contributed by atoms with Gasteiger partial charge in [-0.15, -0.1) is 11.3 Å². The van der Waals surface area contributed by atoms with Gasteiger partial charge in [-0.25, -0.2) is 9.78 Å². The first-order chi connectivity index (χ1) is 9.52. The summed E-state index contributed by atoms with van der Waals surface area (Å²) in [6.07, 6.45) is 0. The fraction of sp³-hybridized carbons (Fsp3) is 0.429. The Balaban J connectivity index is 2.22. The largest absolute Gasteiger partial charge is 0.465 e. The predicted octanol–water partition coefficient (Wildman–Crippen LogP) is 4.11. The number of anilines is 1. The highest BCUT2D eigenvalue weighted by Gasteiger charge is 2.21. The maximum absolute atomic E-state index is 11.6. The van der Waals surface area contributed by atoms with Gasteiger partial charge in [-0.05, 0) is 24.3 Å². The van der Waals surface area contributed by atoms with Crippen LogP contribution in [0.1, 0.15) is 40.1 Å². The summed E-state index contributed by atoms with van der Waals surface area (Å²) in [7, 11) is 1.39. The van der Waals surface area contributed by atoms with Gasteiger partial charge in [-0.2, -0.15) is 0 Å². The highest BCUT2D eigenvalue weighted by atomic mass is 32.1. The molecule has 1 atom stereocenters. The van der Waals surface area contributed by atoms with Crippen LogP contribution in [0.15, 0.2) is 17.5 Å². The molecule has 0 spiro atoms. The number of ether oxygens (including phenoxy) is 1. The minimum atomic E-state index is -0.328. The highest BCUT2D eigenvalue weighted by molar-refractivity contribution is 7.17. The molecule has 0 saturated heterocycles. The molecule has 0 fully saturated rings. The molecule has 20 heavy (non-hydrogen) atoms. The van der Waals surface area contributed by atoms with E-state index >= 15 is 0 Å². The Morgan fingerprint density at radius 3 is 2.75 bits per heavy atom. The van der Waals surface area contributed by atoms with E-state index in [9.17, 15) is 4.79 Å². The van der Waals surface area contributed by atoms with E-state index in [1.165, 1.54) is 23.3 Å². The van der Waals surface area contributed by atoms with Gasteiger partial charge in [-0.1, -0.05) is 31.3 Å². The molecule has 2 rings (SSSR count). The number of hydrogen-bond donors (Lipinski definition) is 1. The van der Waals surface area contributed by atoms with E-state index in [0.29, 0.717) is 16.5 Å². The monoisotopic (exact) mass is 310 g/mol. The van der Waals surface area contributed by atoms with Crippen molar-refractivity contribution in [2.45, 2.75) is 26.8 Å². The van der Waals surface area contributed by atoms with Crippen molar-refractivity contribution in [2.24, 2.45) is 5.92 Å². The molecular formula is C14H18N2O2S2. The van der Waals surface area contributed by atoms with Gasteiger partial charge in [0.1, 0.15) is 4.88 Å². The summed E-state index contributed by atoms with van der Waals surface area (Å²) in [6, 6.07) is 4.36. The molecule has 0 saturated carbocycles. The van der Waals surface area contributed by atoms with Crippen LogP contribution in [-0.4, -0.2) is 18.1 Å². The minimum Gasteiger partial charge on any atom is -0.465 e. The van der Waals surface area contributed by atoms with E-state index in [-0.39, 0.29) is 12.0 Å². The van der Waals surface area contributed by atoms with Gasteiger partial charge < -0.3 is 10.1 Å². The average Bonchev–Trinajstić information content (AvgIpc) is 3.04. The molecule has 2 heterocycles. The molecule has 0 radical (unpaired) electrons. The van der Waals surface area contributed by atoms with E-state index in [4.69, 9.17) is 4.74 Å². The number of carbonyl (C=O) groups excluding carboxylic acids is 1. The van der Waals surface area contributed by atoms with Crippen LogP contribution in [0.4, 0.5) is 5.13 Å². The highest BCUT2D eigenvalue weighted by Crippen LogP contribution is 2.32. The van der Waals surface area contributed by atoms with Gasteiger partial charge in [0.25, 0.3) is 0 Å². The van der Waals surface area contributed by atoms with Gasteiger partial charge in [-0.3, -0.25) is 0 Å². The topological polar surface area (TPSA) is 51.2 Å². The van der Waals surface area contributed by atoms with Crippen molar-refractivity contribution in [3.8, 4) is 0 Å². The van der Waals surface area contributed by atoms with Crippen molar-refractivity contribution in [3.05, 3.63) is 33.0 Å². The van der Waals surface area contributed by atoms with Crippen LogP contribution in [0.25, 0.3) is 0 Å². The van der Waals surface area contributed by atoms with Gasteiger partial charge in [0.15, 0.2) is 5.13 Å². The molecule has 0 aromatic carbocycles. The van der Waals surface area contributed by atoms with Crippen molar-refractivity contribution < 1.29 is 9.53 Å². The van der Waals surface area contributed by atoms with Crippen molar-refractivity contribution in [1.29, 1.82) is 0 Å². The Bertz CT molecular complexity index is 576. The van der Waals surface area contributed by atoms with Crippen LogP contribution in [0, 0.1) is 12.8 Å². The number of hydrogen-bond acceptors (Lipinski definition) is 6. The first kappa shape index (κ1) is 15.0. The number of rotatable bonds is 5. The third kappa shape index (κ3) is 3.19. The molecule has 0 aliphatic carbocycles. The summed E-state index contributed by atoms with van der Waals surface area (Å²) in [4.78, 5) is 17.9. The fourth-order valence-electron chi connectivity index (χ4n) is 1.91. The van der Waals surface area contributed by atoms with Gasteiger partial charge in [0.05, 0.1) is 18.8 Å². The number of nitrogens with one attached hydrogen (secondary N) is 1. The lowest BCUT2D eigenvalue weighted by Crippen LogP contribution is -2.15. The Morgan fingerprint density at radius 1 is 1.45 bits per heavy atom. The number of thiophene rings is 1. The number of methoxy groups -OCH3 is 1. The molecule has 1 unspecified atom stereocenters. The van der Waals surface area contributed by atoms with Gasteiger partial charge in [0, 0.05) is 4.88 Å². The molecule has 0 aliphatic heterocycles. The zero-order chi connectivity index (χ0) is 14.7. The average molecular weight is 310 g/mol. The first-order valence-corrected chi connectivity index (χ1v) is 8.08. The van der Waals surface area contributed by atoms with Gasteiger partial charge >= 0.3 is 5.97 Å². The number of aryl methyl sites for hydroxylation is 1. The quantitative estimate of drug-likeness (QED) is 0.844. The van der Waals surface area contributed by atoms with Crippen LogP contribution in [0.3, 0.4) is 0 Å². The van der Waals surface area contributed by atoms with Gasteiger partial charge in [0.2, 0.25) is 0 Å². The normalized spacial score (nSPS) is 12.4. The summed E-state index contributed by atoms with van der Waals surface area (Å²) in [5, 5.41) is 6.26. The van der Waals surface area contributed by atoms with Crippen LogP contribution in [0.2, 0.25) is 0 Å². The summed E-state index contributed by atoms with van der Waals surface area (Å²) in [5.74, 6) is 0.102. The third-order valence-corrected chi connectivity index (χ3v) is 4.99. The predicted molar refractivity (Wildman–Crippen MR) is 83.7 cm³/mol. The van der Waals surface area contributed by atoms with E-state index in [2.05, 4.69) is 35.6 Å². The third-order valence-electron chi connectivity index (χ3n) is 2.96. The number of esters is 1. The molecule has 0 bridgehead atoms. The number of thiazole rings is 1. The van der Waals surface area contributed by atoms with Crippen LogP contribution < -0.4 is 5.32 Å². The Hall–Kier alpha value is -1.40. The molecule has 4 nitrogen and oxygen atoms in total. The summed E-state index contributed by atoms with van der Waals surface area (Å²) >= 11 is 3.07. The Labute approximate surface area is 126 Å². The van der Waals surface area contributed by atoms with Crippen LogP contribution in [-0.2, 0) is 4.74 Å². The fourth-order valence-corrected chi connectivity index (χ4v) is 3.78. The Kier molecular flexibility index (Phi) is 4.77. The second kappa shape index (κ2) is 6.37. The molecule has 0 aliphatic rings. The first-order valence-electron chi connectivity index (χ1n) is 6.38. The van der Waals surface area contributed by atoms with Crippen molar-refractivity contribution in [3.63, 3.8) is 0 Å². The molecule has 1 N–H and O–H groups in total. The lowest BCUT2D eigenvalue weighted by atomic mass is 10.0. The molecule has 2 aromatic heterocycles. The zero-order valence-corrected chi connectivity index (χ0v) is 13.6. The number of nitrogens with zero attached hydrogens (tertiary/aromatic N) is 1. The van der Waals surface area contributed by atoms with Crippen molar-refractivity contribution in [2.75, 3.05) is 12.4 Å². The second-order valence-electron chi connectivity index (χ2n) is 4.81. The summed E-state index contributed by atoms with van der Waals surface area (Å²) in [5.41, 5.74) is 0.707. The number of aromatic nitrogens is 1.